The van der Waals surface area contributed by atoms with Crippen LogP contribution in [0.4, 0.5) is 14.5 Å². The lowest BCUT2D eigenvalue weighted by Gasteiger charge is -2.26. The molecule has 3 rings (SSSR count). The minimum atomic E-state index is -1.00. The van der Waals surface area contributed by atoms with Crippen molar-refractivity contribution in [3.8, 4) is 0 Å². The monoisotopic (exact) mass is 565 g/mol. The van der Waals surface area contributed by atoms with Crippen molar-refractivity contribution in [3.63, 3.8) is 0 Å². The highest BCUT2D eigenvalue weighted by atomic mass is 35.5. The number of anilines is 1. The maximum atomic E-state index is 15.3. The Balaban J connectivity index is 2.14. The normalized spacial score (nSPS) is 13.2. The number of ether oxygens (including phenoxy) is 2. The van der Waals surface area contributed by atoms with Crippen molar-refractivity contribution in [1.82, 2.24) is 0 Å². The second kappa shape index (κ2) is 13.5. The Kier molecular flexibility index (Phi) is 10.4. The van der Waals surface area contributed by atoms with E-state index in [1.54, 1.807) is 13.8 Å². The summed E-state index contributed by atoms with van der Waals surface area (Å²) in [5.41, 5.74) is -0.523. The lowest BCUT2D eigenvalue weighted by atomic mass is 9.90. The summed E-state index contributed by atoms with van der Waals surface area (Å²) in [5.74, 6) is -5.02. The lowest BCUT2D eigenvalue weighted by molar-refractivity contribution is -0.140. The van der Waals surface area contributed by atoms with Crippen LogP contribution in [-0.2, 0) is 23.9 Å². The second-order valence-electron chi connectivity index (χ2n) is 8.17. The van der Waals surface area contributed by atoms with E-state index in [4.69, 9.17) is 21.1 Å². The quantitative estimate of drug-likeness (QED) is 0.213. The molecule has 2 aromatic rings. The Morgan fingerprint density at radius 1 is 0.947 bits per heavy atom. The molecule has 0 N–H and O–H groups in total. The number of carbonyl (C=O) groups is 4. The zero-order valence-electron chi connectivity index (χ0n) is 20.9. The number of hydrogen-bond donors (Lipinski definition) is 0. The predicted octanol–water partition coefficient (Wildman–Crippen LogP) is 5.88. The molecule has 0 aliphatic heterocycles. The summed E-state index contributed by atoms with van der Waals surface area (Å²) >= 11 is 7.13. The van der Waals surface area contributed by atoms with Gasteiger partial charge in [0, 0.05) is 21.6 Å². The smallest absolute Gasteiger partial charge is 0.334 e. The highest BCUT2D eigenvalue weighted by molar-refractivity contribution is 8.00. The standard InChI is InChI=1S/C27H26ClF2NO6S/c1-3-36-24(32)15-38-23-14-22(21(30)13-20(23)28)31(25(33)16-8-7-9-17(29)12-16)26(34)18-10-5-6-11-19(18)27(35)37-4-2/h7-9,12-14H,3-6,10-11,15H2,1-2H3. The number of rotatable bonds is 9. The predicted molar refractivity (Wildman–Crippen MR) is 139 cm³/mol. The maximum absolute atomic E-state index is 15.3. The molecule has 0 fully saturated rings. The molecule has 0 aromatic heterocycles. The Morgan fingerprint density at radius 3 is 2.29 bits per heavy atom. The van der Waals surface area contributed by atoms with Crippen molar-refractivity contribution in [1.29, 1.82) is 0 Å². The highest BCUT2D eigenvalue weighted by Gasteiger charge is 2.34. The van der Waals surface area contributed by atoms with Crippen LogP contribution in [0, 0.1) is 11.6 Å². The molecular formula is C27H26ClF2NO6S. The number of carbonyl (C=O) groups excluding carboxylic acids is 4. The summed E-state index contributed by atoms with van der Waals surface area (Å²) in [5, 5.41) is -0.0461. The first-order valence-electron chi connectivity index (χ1n) is 12.0. The minimum Gasteiger partial charge on any atom is -0.465 e. The second-order valence-corrected chi connectivity index (χ2v) is 9.59. The third kappa shape index (κ3) is 6.99. The molecule has 0 unspecified atom stereocenters. The molecule has 0 saturated heterocycles. The number of imide groups is 1. The molecule has 11 heteroatoms. The molecule has 0 bridgehead atoms. The first kappa shape index (κ1) is 29.3. The number of thioether (sulfide) groups is 1. The summed E-state index contributed by atoms with van der Waals surface area (Å²) < 4.78 is 39.3. The van der Waals surface area contributed by atoms with Crippen LogP contribution >= 0.6 is 23.4 Å². The Labute approximate surface area is 228 Å². The average Bonchev–Trinajstić information content (AvgIpc) is 2.89. The van der Waals surface area contributed by atoms with Gasteiger partial charge in [-0.25, -0.2) is 18.5 Å². The van der Waals surface area contributed by atoms with Crippen LogP contribution < -0.4 is 4.90 Å². The maximum Gasteiger partial charge on any atom is 0.334 e. The van der Waals surface area contributed by atoms with Crippen LogP contribution in [0.15, 0.2) is 52.4 Å². The Morgan fingerprint density at radius 2 is 1.63 bits per heavy atom. The molecule has 38 heavy (non-hydrogen) atoms. The van der Waals surface area contributed by atoms with Crippen LogP contribution in [0.3, 0.4) is 0 Å². The van der Waals surface area contributed by atoms with E-state index in [0.29, 0.717) is 17.7 Å². The fraction of sp³-hybridized carbons (Fsp3) is 0.333. The zero-order valence-corrected chi connectivity index (χ0v) is 22.4. The molecule has 202 valence electrons. The molecule has 0 spiro atoms. The number of hydrogen-bond acceptors (Lipinski definition) is 7. The van der Waals surface area contributed by atoms with Gasteiger partial charge in [-0.2, -0.15) is 0 Å². The first-order chi connectivity index (χ1) is 18.2. The van der Waals surface area contributed by atoms with Gasteiger partial charge in [0.2, 0.25) is 0 Å². The van der Waals surface area contributed by atoms with E-state index in [9.17, 15) is 23.6 Å². The van der Waals surface area contributed by atoms with Crippen molar-refractivity contribution >= 4 is 52.8 Å². The molecule has 0 atom stereocenters. The van der Waals surface area contributed by atoms with Gasteiger partial charge in [-0.3, -0.25) is 14.4 Å². The van der Waals surface area contributed by atoms with E-state index in [1.807, 2.05) is 0 Å². The molecule has 0 heterocycles. The van der Waals surface area contributed by atoms with E-state index in [-0.39, 0.29) is 58.4 Å². The molecule has 7 nitrogen and oxygen atoms in total. The SMILES string of the molecule is CCOC(=O)CSc1cc(N(C(=O)C2=C(C(=O)OCC)CCCC2)C(=O)c2cccc(F)c2)c(F)cc1Cl. The van der Waals surface area contributed by atoms with Crippen molar-refractivity contribution in [2.75, 3.05) is 23.9 Å². The van der Waals surface area contributed by atoms with Crippen LogP contribution in [0.25, 0.3) is 0 Å². The molecular weight excluding hydrogens is 540 g/mol. The van der Waals surface area contributed by atoms with Gasteiger partial charge in [-0.05, 0) is 69.9 Å². The average molecular weight is 566 g/mol. The summed E-state index contributed by atoms with van der Waals surface area (Å²) in [6.45, 7) is 3.53. The lowest BCUT2D eigenvalue weighted by Crippen LogP contribution is -2.40. The fourth-order valence-corrected chi connectivity index (χ4v) is 4.98. The Bertz CT molecular complexity index is 1280. The van der Waals surface area contributed by atoms with Gasteiger partial charge in [0.25, 0.3) is 11.8 Å². The van der Waals surface area contributed by atoms with Crippen LogP contribution in [0.1, 0.15) is 49.9 Å². The van der Waals surface area contributed by atoms with Crippen molar-refractivity contribution in [2.45, 2.75) is 44.4 Å². The van der Waals surface area contributed by atoms with Crippen molar-refractivity contribution in [2.24, 2.45) is 0 Å². The van der Waals surface area contributed by atoms with Gasteiger partial charge in [-0.1, -0.05) is 17.7 Å². The van der Waals surface area contributed by atoms with E-state index < -0.39 is 41.1 Å². The summed E-state index contributed by atoms with van der Waals surface area (Å²) in [7, 11) is 0. The molecule has 1 aliphatic carbocycles. The van der Waals surface area contributed by atoms with Gasteiger partial charge in [0.1, 0.15) is 11.6 Å². The number of benzene rings is 2. The van der Waals surface area contributed by atoms with Gasteiger partial charge in [0.05, 0.1) is 29.7 Å². The van der Waals surface area contributed by atoms with E-state index in [2.05, 4.69) is 0 Å². The first-order valence-corrected chi connectivity index (χ1v) is 13.3. The minimum absolute atomic E-state index is 0.0227. The number of esters is 2. The molecule has 1 aliphatic rings. The van der Waals surface area contributed by atoms with Crippen LogP contribution in [0.5, 0.6) is 0 Å². The van der Waals surface area contributed by atoms with E-state index >= 15 is 4.39 Å². The van der Waals surface area contributed by atoms with Crippen molar-refractivity contribution < 1.29 is 37.4 Å². The summed E-state index contributed by atoms with van der Waals surface area (Å²) in [6.07, 6.45) is 1.62. The number of halogens is 3. The van der Waals surface area contributed by atoms with Gasteiger partial charge in [0.15, 0.2) is 0 Å². The van der Waals surface area contributed by atoms with Crippen LogP contribution in [0.2, 0.25) is 5.02 Å². The molecule has 2 aromatic carbocycles. The highest BCUT2D eigenvalue weighted by Crippen LogP contribution is 2.36. The molecule has 2 amide bonds. The largest absolute Gasteiger partial charge is 0.465 e. The van der Waals surface area contributed by atoms with Crippen molar-refractivity contribution in [3.05, 3.63) is 69.8 Å². The third-order valence-corrected chi connectivity index (χ3v) is 7.07. The van der Waals surface area contributed by atoms with Gasteiger partial charge < -0.3 is 9.47 Å². The number of nitrogens with zero attached hydrogens (tertiary/aromatic N) is 1. The van der Waals surface area contributed by atoms with E-state index in [1.165, 1.54) is 18.2 Å². The summed E-state index contributed by atoms with van der Waals surface area (Å²) in [6, 6.07) is 6.72. The third-order valence-electron chi connectivity index (χ3n) is 5.62. The molecule has 0 saturated carbocycles. The van der Waals surface area contributed by atoms with Crippen LogP contribution in [-0.4, -0.2) is 42.7 Å². The fourth-order valence-electron chi connectivity index (χ4n) is 3.92. The zero-order chi connectivity index (χ0) is 27.8. The molecule has 0 radical (unpaired) electrons. The Hall–Kier alpha value is -3.24. The summed E-state index contributed by atoms with van der Waals surface area (Å²) in [4.78, 5) is 52.7. The topological polar surface area (TPSA) is 90.0 Å². The van der Waals surface area contributed by atoms with Gasteiger partial charge >= 0.3 is 11.9 Å². The van der Waals surface area contributed by atoms with E-state index in [0.717, 1.165) is 30.0 Å². The van der Waals surface area contributed by atoms with Gasteiger partial charge in [-0.15, -0.1) is 11.8 Å². The number of amides is 2.